The summed E-state index contributed by atoms with van der Waals surface area (Å²) in [7, 11) is 0. The molecular weight excluding hydrogens is 238 g/mol. The smallest absolute Gasteiger partial charge is 0.183 e. The Morgan fingerprint density at radius 1 is 1.53 bits per heavy atom. The Bertz CT molecular complexity index is 518. The number of nitrogens with zero attached hydrogens (tertiary/aromatic N) is 5. The van der Waals surface area contributed by atoms with Crippen molar-refractivity contribution in [3.63, 3.8) is 0 Å². The molecule has 0 saturated carbocycles. The van der Waals surface area contributed by atoms with Gasteiger partial charge in [0.1, 0.15) is 17.0 Å². The quantitative estimate of drug-likeness (QED) is 0.748. The van der Waals surface area contributed by atoms with Crippen LogP contribution in [0.25, 0.3) is 0 Å². The highest BCUT2D eigenvalue weighted by molar-refractivity contribution is 7.08. The van der Waals surface area contributed by atoms with E-state index in [2.05, 4.69) is 26.6 Å². The fourth-order valence-corrected chi connectivity index (χ4v) is 2.13. The Kier molecular flexibility index (Phi) is 3.58. The van der Waals surface area contributed by atoms with Gasteiger partial charge in [0.05, 0.1) is 12.1 Å². The summed E-state index contributed by atoms with van der Waals surface area (Å²) >= 11 is 1.13. The van der Waals surface area contributed by atoms with Crippen molar-refractivity contribution < 1.29 is 4.79 Å². The molecule has 0 aliphatic heterocycles. The minimum absolute atomic E-state index is 0.00264. The number of aryl methyl sites for hydroxylation is 2. The SMILES string of the molecule is CCCn1ncnc1CC(=O)c1snnc1C. The van der Waals surface area contributed by atoms with Crippen LogP contribution >= 0.6 is 11.5 Å². The molecule has 0 unspecified atom stereocenters. The highest BCUT2D eigenvalue weighted by atomic mass is 32.1. The molecule has 2 heterocycles. The molecule has 6 nitrogen and oxygen atoms in total. The molecule has 0 aliphatic carbocycles. The Hall–Kier alpha value is -1.63. The molecule has 0 aliphatic rings. The van der Waals surface area contributed by atoms with Gasteiger partial charge < -0.3 is 0 Å². The summed E-state index contributed by atoms with van der Waals surface area (Å²) in [6.45, 7) is 4.63. The van der Waals surface area contributed by atoms with Gasteiger partial charge in [-0.1, -0.05) is 11.4 Å². The molecule has 17 heavy (non-hydrogen) atoms. The van der Waals surface area contributed by atoms with E-state index in [1.54, 1.807) is 11.6 Å². The zero-order valence-corrected chi connectivity index (χ0v) is 10.6. The maximum atomic E-state index is 12.0. The van der Waals surface area contributed by atoms with Crippen molar-refractivity contribution in [2.75, 3.05) is 0 Å². The third kappa shape index (κ3) is 2.55. The summed E-state index contributed by atoms with van der Waals surface area (Å²) in [6.07, 6.45) is 2.70. The van der Waals surface area contributed by atoms with E-state index in [-0.39, 0.29) is 12.2 Å². The first kappa shape index (κ1) is 11.8. The van der Waals surface area contributed by atoms with Crippen LogP contribution in [0.15, 0.2) is 6.33 Å². The Labute approximate surface area is 103 Å². The molecule has 0 fully saturated rings. The van der Waals surface area contributed by atoms with Crippen LogP contribution < -0.4 is 0 Å². The molecule has 2 aromatic heterocycles. The maximum Gasteiger partial charge on any atom is 0.183 e. The molecule has 0 aromatic carbocycles. The fraction of sp³-hybridized carbons (Fsp3) is 0.500. The van der Waals surface area contributed by atoms with Crippen LogP contribution in [0.4, 0.5) is 0 Å². The lowest BCUT2D eigenvalue weighted by molar-refractivity contribution is 0.0992. The monoisotopic (exact) mass is 251 g/mol. The molecule has 0 radical (unpaired) electrons. The summed E-state index contributed by atoms with van der Waals surface area (Å²) in [5, 5.41) is 7.92. The van der Waals surface area contributed by atoms with Crippen molar-refractivity contribution in [3.05, 3.63) is 22.7 Å². The van der Waals surface area contributed by atoms with Crippen LogP contribution in [0.1, 0.15) is 34.5 Å². The number of Topliss-reactive ketones (excluding diaryl/α,β-unsaturated/α-hetero) is 1. The minimum Gasteiger partial charge on any atom is -0.293 e. The van der Waals surface area contributed by atoms with Crippen LogP contribution in [0.2, 0.25) is 0 Å². The number of aromatic nitrogens is 5. The normalized spacial score (nSPS) is 10.7. The van der Waals surface area contributed by atoms with Crippen molar-refractivity contribution in [1.29, 1.82) is 0 Å². The number of carbonyl (C=O) groups excluding carboxylic acids is 1. The van der Waals surface area contributed by atoms with Gasteiger partial charge >= 0.3 is 0 Å². The summed E-state index contributed by atoms with van der Waals surface area (Å²) < 4.78 is 5.52. The van der Waals surface area contributed by atoms with E-state index in [1.807, 2.05) is 0 Å². The molecule has 0 bridgehead atoms. The summed E-state index contributed by atoms with van der Waals surface area (Å²) in [4.78, 5) is 16.7. The second-order valence-electron chi connectivity index (χ2n) is 3.69. The lowest BCUT2D eigenvalue weighted by Gasteiger charge is -2.02. The van der Waals surface area contributed by atoms with Gasteiger partial charge in [0.2, 0.25) is 0 Å². The predicted molar refractivity (Wildman–Crippen MR) is 63.0 cm³/mol. The van der Waals surface area contributed by atoms with Crippen LogP contribution in [0.5, 0.6) is 0 Å². The van der Waals surface area contributed by atoms with Gasteiger partial charge in [-0.2, -0.15) is 5.10 Å². The summed E-state index contributed by atoms with van der Waals surface area (Å²) in [6, 6.07) is 0. The molecule has 7 heteroatoms. The average molecular weight is 251 g/mol. The van der Waals surface area contributed by atoms with E-state index in [1.165, 1.54) is 6.33 Å². The van der Waals surface area contributed by atoms with Crippen LogP contribution in [-0.4, -0.2) is 30.1 Å². The second-order valence-corrected chi connectivity index (χ2v) is 4.44. The van der Waals surface area contributed by atoms with Gasteiger partial charge in [-0.15, -0.1) is 5.10 Å². The molecule has 0 amide bonds. The molecule has 90 valence electrons. The van der Waals surface area contributed by atoms with Gasteiger partial charge in [0.15, 0.2) is 5.78 Å². The average Bonchev–Trinajstić information content (AvgIpc) is 2.89. The van der Waals surface area contributed by atoms with E-state index >= 15 is 0 Å². The van der Waals surface area contributed by atoms with Gasteiger partial charge in [-0.3, -0.25) is 4.79 Å². The number of hydrogen-bond acceptors (Lipinski definition) is 6. The standard InChI is InChI=1S/C10H13N5OS/c1-3-4-15-9(11-6-12-15)5-8(16)10-7(2)13-14-17-10/h6H,3-5H2,1-2H3. The lowest BCUT2D eigenvalue weighted by Crippen LogP contribution is -2.11. The molecule has 0 saturated heterocycles. The summed E-state index contributed by atoms with van der Waals surface area (Å²) in [5.41, 5.74) is 0.682. The highest BCUT2D eigenvalue weighted by Crippen LogP contribution is 2.12. The van der Waals surface area contributed by atoms with E-state index in [0.29, 0.717) is 16.4 Å². The number of hydrogen-bond donors (Lipinski definition) is 0. The largest absolute Gasteiger partial charge is 0.293 e. The van der Waals surface area contributed by atoms with Crippen molar-refractivity contribution in [1.82, 2.24) is 24.4 Å². The number of carbonyl (C=O) groups is 1. The minimum atomic E-state index is 0.00264. The zero-order valence-electron chi connectivity index (χ0n) is 9.75. The zero-order chi connectivity index (χ0) is 12.3. The third-order valence-electron chi connectivity index (χ3n) is 2.35. The van der Waals surface area contributed by atoms with E-state index in [4.69, 9.17) is 0 Å². The van der Waals surface area contributed by atoms with Gasteiger partial charge in [0, 0.05) is 6.54 Å². The van der Waals surface area contributed by atoms with Crippen molar-refractivity contribution in [3.8, 4) is 0 Å². The van der Waals surface area contributed by atoms with Crippen LogP contribution in [-0.2, 0) is 13.0 Å². The van der Waals surface area contributed by atoms with Gasteiger partial charge in [-0.05, 0) is 24.9 Å². The van der Waals surface area contributed by atoms with Crippen molar-refractivity contribution in [2.24, 2.45) is 0 Å². The first-order valence-corrected chi connectivity index (χ1v) is 6.18. The molecule has 0 N–H and O–H groups in total. The lowest BCUT2D eigenvalue weighted by atomic mass is 10.2. The van der Waals surface area contributed by atoms with Gasteiger partial charge in [0.25, 0.3) is 0 Å². The Morgan fingerprint density at radius 3 is 3.00 bits per heavy atom. The molecule has 2 aromatic rings. The van der Waals surface area contributed by atoms with E-state index in [0.717, 1.165) is 24.5 Å². The Balaban J connectivity index is 2.13. The number of ketones is 1. The first-order valence-electron chi connectivity index (χ1n) is 5.41. The fourth-order valence-electron chi connectivity index (χ4n) is 1.53. The van der Waals surface area contributed by atoms with Crippen LogP contribution in [0, 0.1) is 6.92 Å². The Morgan fingerprint density at radius 2 is 2.35 bits per heavy atom. The van der Waals surface area contributed by atoms with Crippen molar-refractivity contribution in [2.45, 2.75) is 33.2 Å². The highest BCUT2D eigenvalue weighted by Gasteiger charge is 2.16. The topological polar surface area (TPSA) is 73.6 Å². The predicted octanol–water partition coefficient (Wildman–Crippen LogP) is 1.27. The number of rotatable bonds is 5. The summed E-state index contributed by atoms with van der Waals surface area (Å²) in [5.74, 6) is 0.701. The molecular formula is C10H13N5OS. The van der Waals surface area contributed by atoms with E-state index in [9.17, 15) is 4.79 Å². The molecule has 0 spiro atoms. The first-order chi connectivity index (χ1) is 8.22. The molecule has 2 rings (SSSR count). The van der Waals surface area contributed by atoms with Gasteiger partial charge in [-0.25, -0.2) is 9.67 Å². The maximum absolute atomic E-state index is 12.0. The van der Waals surface area contributed by atoms with Crippen molar-refractivity contribution >= 4 is 17.3 Å². The van der Waals surface area contributed by atoms with Crippen LogP contribution in [0.3, 0.4) is 0 Å². The third-order valence-corrected chi connectivity index (χ3v) is 3.22. The second kappa shape index (κ2) is 5.13. The van der Waals surface area contributed by atoms with E-state index < -0.39 is 0 Å². The molecule has 0 atom stereocenters.